The van der Waals surface area contributed by atoms with Crippen LogP contribution in [-0.2, 0) is 11.3 Å². The number of piperazine rings is 1. The molecule has 6 heteroatoms. The summed E-state index contributed by atoms with van der Waals surface area (Å²) in [6.45, 7) is 4.56. The smallest absolute Gasteiger partial charge is 0.246 e. The zero-order chi connectivity index (χ0) is 17.6. The number of hydrogen-bond donors (Lipinski definition) is 1. The van der Waals surface area contributed by atoms with Crippen LogP contribution in [0.1, 0.15) is 16.0 Å². The van der Waals surface area contributed by atoms with Crippen molar-refractivity contribution >= 4 is 39.2 Å². The summed E-state index contributed by atoms with van der Waals surface area (Å²) in [6.07, 6.45) is 3.44. The summed E-state index contributed by atoms with van der Waals surface area (Å²) in [6, 6.07) is 13.6. The van der Waals surface area contributed by atoms with Crippen molar-refractivity contribution < 1.29 is 9.69 Å². The van der Waals surface area contributed by atoms with Gasteiger partial charge in [0, 0.05) is 6.08 Å². The number of benzene rings is 1. The van der Waals surface area contributed by atoms with Gasteiger partial charge in [-0.05, 0) is 51.8 Å². The molecule has 0 atom stereocenters. The lowest BCUT2D eigenvalue weighted by atomic mass is 10.1. The summed E-state index contributed by atoms with van der Waals surface area (Å²) >= 11 is 5.28. The summed E-state index contributed by atoms with van der Waals surface area (Å²) in [7, 11) is 0. The second-order valence-corrected chi connectivity index (χ2v) is 8.57. The molecule has 0 bridgehead atoms. The van der Waals surface area contributed by atoms with Crippen LogP contribution < -0.4 is 4.90 Å². The number of nitrogens with one attached hydrogen (secondary N) is 1. The number of rotatable bonds is 4. The predicted octanol–water partition coefficient (Wildman–Crippen LogP) is 2.32. The van der Waals surface area contributed by atoms with Crippen LogP contribution in [0.4, 0.5) is 0 Å². The molecular formula is C19H19BrN3OS+. The Morgan fingerprint density at radius 2 is 1.96 bits per heavy atom. The van der Waals surface area contributed by atoms with E-state index in [0.717, 1.165) is 38.3 Å². The zero-order valence-electron chi connectivity index (χ0n) is 13.7. The molecule has 25 heavy (non-hydrogen) atoms. The molecule has 0 spiro atoms. The molecule has 1 amide bonds. The molecule has 1 aromatic carbocycles. The molecule has 1 saturated heterocycles. The number of quaternary nitrogens is 1. The Morgan fingerprint density at radius 1 is 1.24 bits per heavy atom. The number of carbonyl (C=O) groups excluding carboxylic acids is 1. The van der Waals surface area contributed by atoms with Crippen LogP contribution in [0.25, 0.3) is 6.08 Å². The van der Waals surface area contributed by atoms with Crippen LogP contribution in [-0.4, -0.2) is 37.0 Å². The molecule has 2 aromatic rings. The van der Waals surface area contributed by atoms with Crippen LogP contribution in [0, 0.1) is 11.3 Å². The van der Waals surface area contributed by atoms with Gasteiger partial charge >= 0.3 is 0 Å². The highest BCUT2D eigenvalue weighted by Crippen LogP contribution is 2.21. The molecule has 128 valence electrons. The molecule has 4 nitrogen and oxygen atoms in total. The van der Waals surface area contributed by atoms with E-state index < -0.39 is 0 Å². The summed E-state index contributed by atoms with van der Waals surface area (Å²) in [5.41, 5.74) is 1.56. The topological polar surface area (TPSA) is 48.5 Å². The van der Waals surface area contributed by atoms with Gasteiger partial charge in [-0.15, -0.1) is 11.3 Å². The number of nitriles is 1. The average molecular weight is 417 g/mol. The molecule has 0 aliphatic carbocycles. The van der Waals surface area contributed by atoms with Crippen molar-refractivity contribution in [3.8, 4) is 6.07 Å². The van der Waals surface area contributed by atoms with Crippen LogP contribution in [0.15, 0.2) is 46.3 Å². The Balaban J connectivity index is 1.49. The van der Waals surface area contributed by atoms with Crippen LogP contribution in [0.5, 0.6) is 0 Å². The van der Waals surface area contributed by atoms with Crippen molar-refractivity contribution in [3.05, 3.63) is 62.3 Å². The van der Waals surface area contributed by atoms with E-state index in [9.17, 15) is 4.79 Å². The third-order valence-corrected chi connectivity index (χ3v) is 5.92. The molecule has 1 aromatic heterocycles. The first-order chi connectivity index (χ1) is 12.1. The fourth-order valence-electron chi connectivity index (χ4n) is 2.85. The van der Waals surface area contributed by atoms with Crippen molar-refractivity contribution in [1.29, 1.82) is 5.26 Å². The largest absolute Gasteiger partial charge is 0.328 e. The minimum absolute atomic E-state index is 0.0577. The van der Waals surface area contributed by atoms with Gasteiger partial charge in [-0.3, -0.25) is 4.79 Å². The van der Waals surface area contributed by atoms with Gasteiger partial charge in [-0.25, -0.2) is 0 Å². The highest BCUT2D eigenvalue weighted by atomic mass is 79.9. The van der Waals surface area contributed by atoms with Gasteiger partial charge in [0.05, 0.1) is 46.5 Å². The Kier molecular flexibility index (Phi) is 6.03. The molecule has 1 aliphatic rings. The van der Waals surface area contributed by atoms with Crippen LogP contribution >= 0.6 is 27.3 Å². The monoisotopic (exact) mass is 416 g/mol. The predicted molar refractivity (Wildman–Crippen MR) is 103 cm³/mol. The normalized spacial score (nSPS) is 15.4. The molecule has 1 aliphatic heterocycles. The lowest BCUT2D eigenvalue weighted by Gasteiger charge is -2.31. The maximum absolute atomic E-state index is 12.3. The van der Waals surface area contributed by atoms with Gasteiger partial charge in [0.1, 0.15) is 6.54 Å². The SMILES string of the molecule is N#Cc1ccc(/C=C/C(=O)N2CC[NH+](Cc3ccc(Br)s3)CC2)cc1. The molecule has 1 fully saturated rings. The molecule has 1 N–H and O–H groups in total. The van der Waals surface area contributed by atoms with Gasteiger partial charge in [-0.1, -0.05) is 12.1 Å². The molecule has 0 radical (unpaired) electrons. The van der Waals surface area contributed by atoms with Crippen molar-refractivity contribution in [3.63, 3.8) is 0 Å². The molecule has 3 rings (SSSR count). The number of amides is 1. The second-order valence-electron chi connectivity index (χ2n) is 6.03. The average Bonchev–Trinajstić information content (AvgIpc) is 3.05. The summed E-state index contributed by atoms with van der Waals surface area (Å²) in [4.78, 5) is 17.1. The summed E-state index contributed by atoms with van der Waals surface area (Å²) in [5, 5.41) is 8.80. The van der Waals surface area contributed by atoms with Gasteiger partial charge < -0.3 is 9.80 Å². The zero-order valence-corrected chi connectivity index (χ0v) is 16.1. The van der Waals surface area contributed by atoms with E-state index in [4.69, 9.17) is 5.26 Å². The van der Waals surface area contributed by atoms with Crippen molar-refractivity contribution in [2.45, 2.75) is 6.54 Å². The first kappa shape index (κ1) is 17.9. The van der Waals surface area contributed by atoms with E-state index in [-0.39, 0.29) is 5.91 Å². The van der Waals surface area contributed by atoms with E-state index in [1.54, 1.807) is 29.5 Å². The molecule has 2 heterocycles. The third-order valence-electron chi connectivity index (χ3n) is 4.29. The lowest BCUT2D eigenvalue weighted by Crippen LogP contribution is -3.13. The maximum atomic E-state index is 12.3. The fourth-order valence-corrected chi connectivity index (χ4v) is 4.41. The highest BCUT2D eigenvalue weighted by Gasteiger charge is 2.22. The molecular weight excluding hydrogens is 398 g/mol. The summed E-state index contributed by atoms with van der Waals surface area (Å²) < 4.78 is 1.17. The number of hydrogen-bond acceptors (Lipinski definition) is 3. The van der Waals surface area contributed by atoms with Crippen LogP contribution in [0.2, 0.25) is 0 Å². The molecule has 0 unspecified atom stereocenters. The van der Waals surface area contributed by atoms with E-state index in [1.165, 1.54) is 13.6 Å². The minimum Gasteiger partial charge on any atom is -0.328 e. The Bertz CT molecular complexity index is 799. The van der Waals surface area contributed by atoms with Gasteiger partial charge in [-0.2, -0.15) is 5.26 Å². The van der Waals surface area contributed by atoms with Gasteiger partial charge in [0.2, 0.25) is 5.91 Å². The standard InChI is InChI=1S/C19H18BrN3OS/c20-18-7-6-17(25-18)14-22-9-11-23(12-10-22)19(24)8-5-15-1-3-16(13-21)4-2-15/h1-8H,9-12,14H2/p+1/b8-5+. The number of carbonyl (C=O) groups is 1. The van der Waals surface area contributed by atoms with E-state index >= 15 is 0 Å². The maximum Gasteiger partial charge on any atom is 0.246 e. The van der Waals surface area contributed by atoms with E-state index in [1.807, 2.05) is 23.1 Å². The quantitative estimate of drug-likeness (QED) is 0.777. The Hall–Kier alpha value is -1.94. The first-order valence-electron chi connectivity index (χ1n) is 8.19. The van der Waals surface area contributed by atoms with Crippen LogP contribution in [0.3, 0.4) is 0 Å². The number of halogens is 1. The van der Waals surface area contributed by atoms with Crippen molar-refractivity contribution in [2.75, 3.05) is 26.2 Å². The Labute approximate surface area is 160 Å². The van der Waals surface area contributed by atoms with Gasteiger partial charge in [0.25, 0.3) is 0 Å². The third kappa shape index (κ3) is 5.02. The first-order valence-corrected chi connectivity index (χ1v) is 9.80. The lowest BCUT2D eigenvalue weighted by molar-refractivity contribution is -0.917. The number of thiophene rings is 1. The summed E-state index contributed by atoms with van der Waals surface area (Å²) in [5.74, 6) is 0.0577. The second kappa shape index (κ2) is 8.43. The van der Waals surface area contributed by atoms with Gasteiger partial charge in [0.15, 0.2) is 0 Å². The highest BCUT2D eigenvalue weighted by molar-refractivity contribution is 9.11. The van der Waals surface area contributed by atoms with Crippen molar-refractivity contribution in [2.24, 2.45) is 0 Å². The van der Waals surface area contributed by atoms with Crippen molar-refractivity contribution in [1.82, 2.24) is 4.90 Å². The Morgan fingerprint density at radius 3 is 2.56 bits per heavy atom. The van der Waals surface area contributed by atoms with E-state index in [0.29, 0.717) is 5.56 Å². The number of nitrogens with zero attached hydrogens (tertiary/aromatic N) is 2. The minimum atomic E-state index is 0.0577. The molecule has 0 saturated carbocycles. The fraction of sp³-hybridized carbons (Fsp3) is 0.263. The van der Waals surface area contributed by atoms with E-state index in [2.05, 4.69) is 34.1 Å².